The highest BCUT2D eigenvalue weighted by atomic mass is 16.5. The predicted molar refractivity (Wildman–Crippen MR) is 67.5 cm³/mol. The summed E-state index contributed by atoms with van der Waals surface area (Å²) in [7, 11) is 3.24. The Labute approximate surface area is 98.5 Å². The summed E-state index contributed by atoms with van der Waals surface area (Å²) in [5.41, 5.74) is 5.76. The lowest BCUT2D eigenvalue weighted by atomic mass is 10.0. The summed E-state index contributed by atoms with van der Waals surface area (Å²) in [6.07, 6.45) is 1.92. The summed E-state index contributed by atoms with van der Waals surface area (Å²) in [5.74, 6) is 1.72. The van der Waals surface area contributed by atoms with Crippen LogP contribution in [0, 0.1) is 5.92 Å². The van der Waals surface area contributed by atoms with Crippen LogP contribution in [0.5, 0.6) is 0 Å². The quantitative estimate of drug-likeness (QED) is 0.444. The lowest BCUT2D eigenvalue weighted by Gasteiger charge is -2.21. The summed E-state index contributed by atoms with van der Waals surface area (Å²) in [6, 6.07) is -0.253. The van der Waals surface area contributed by atoms with Gasteiger partial charge < -0.3 is 15.2 Å². The number of rotatable bonds is 5. The second-order valence-electron chi connectivity index (χ2n) is 4.04. The summed E-state index contributed by atoms with van der Waals surface area (Å²) >= 11 is 0. The lowest BCUT2D eigenvalue weighted by Crippen LogP contribution is -2.31. The lowest BCUT2D eigenvalue weighted by molar-refractivity contribution is 0.244. The van der Waals surface area contributed by atoms with E-state index in [0.717, 1.165) is 5.76 Å². The molecule has 94 valence electrons. The number of hydrogen-bond donors (Lipinski definition) is 1. The zero-order valence-electron chi connectivity index (χ0n) is 11.2. The van der Waals surface area contributed by atoms with Crippen molar-refractivity contribution < 1.29 is 9.47 Å². The average molecular weight is 228 g/mol. The molecule has 0 rings (SSSR count). The molecule has 0 saturated heterocycles. The van der Waals surface area contributed by atoms with E-state index in [4.69, 9.17) is 15.2 Å². The average Bonchev–Trinajstić information content (AvgIpc) is 2.23. The molecule has 2 N–H and O–H groups in total. The van der Waals surface area contributed by atoms with E-state index in [-0.39, 0.29) is 12.1 Å². The summed E-state index contributed by atoms with van der Waals surface area (Å²) < 4.78 is 10.5. The molecule has 0 radical (unpaired) electrons. The maximum atomic E-state index is 5.76. The third-order valence-corrected chi connectivity index (χ3v) is 2.31. The maximum absolute atomic E-state index is 5.76. The molecule has 0 aliphatic rings. The van der Waals surface area contributed by atoms with Crippen molar-refractivity contribution in [1.82, 2.24) is 0 Å². The first-order valence-electron chi connectivity index (χ1n) is 5.55. The number of ether oxygens (including phenoxy) is 2. The van der Waals surface area contributed by atoms with Gasteiger partial charge >= 0.3 is 0 Å². The minimum absolute atomic E-state index is 0.0454. The van der Waals surface area contributed by atoms with Crippen molar-refractivity contribution in [2.45, 2.75) is 39.8 Å². The minimum atomic E-state index is -0.207. The van der Waals surface area contributed by atoms with Crippen LogP contribution in [0.25, 0.3) is 0 Å². The molecule has 4 heteroatoms. The van der Waals surface area contributed by atoms with Gasteiger partial charge in [0.15, 0.2) is 0 Å². The number of nitrogens with zero attached hydrogens (tertiary/aromatic N) is 1. The first-order valence-corrected chi connectivity index (χ1v) is 5.55. The largest absolute Gasteiger partial charge is 0.499 e. The number of nitrogens with two attached hydrogens (primary N) is 1. The van der Waals surface area contributed by atoms with Crippen LogP contribution in [-0.4, -0.2) is 32.2 Å². The standard InChI is InChI=1S/C12H24N2O2/c1-7-10(15-5)11(8(2)3)14-12(16-6)9(4)13/h7-9,11H,13H2,1-6H3. The van der Waals surface area contributed by atoms with Crippen LogP contribution in [0.3, 0.4) is 0 Å². The van der Waals surface area contributed by atoms with Gasteiger partial charge in [0.05, 0.1) is 20.3 Å². The topological polar surface area (TPSA) is 56.8 Å². The molecule has 2 atom stereocenters. The fourth-order valence-corrected chi connectivity index (χ4v) is 1.44. The van der Waals surface area contributed by atoms with Gasteiger partial charge in [-0.05, 0) is 25.8 Å². The molecule has 16 heavy (non-hydrogen) atoms. The van der Waals surface area contributed by atoms with Gasteiger partial charge in [0, 0.05) is 0 Å². The van der Waals surface area contributed by atoms with Crippen LogP contribution in [0.2, 0.25) is 0 Å². The van der Waals surface area contributed by atoms with E-state index in [0.29, 0.717) is 11.8 Å². The van der Waals surface area contributed by atoms with Crippen molar-refractivity contribution in [2.75, 3.05) is 14.2 Å². The third-order valence-electron chi connectivity index (χ3n) is 2.31. The smallest absolute Gasteiger partial charge is 0.200 e. The van der Waals surface area contributed by atoms with Crippen LogP contribution in [0.4, 0.5) is 0 Å². The van der Waals surface area contributed by atoms with Crippen molar-refractivity contribution in [3.05, 3.63) is 11.8 Å². The molecular formula is C12H24N2O2. The first-order chi connectivity index (χ1) is 7.47. The Morgan fingerprint density at radius 3 is 2.00 bits per heavy atom. The number of hydrogen-bond acceptors (Lipinski definition) is 4. The third kappa shape index (κ3) is 4.23. The van der Waals surface area contributed by atoms with Gasteiger partial charge in [0.25, 0.3) is 0 Å². The Morgan fingerprint density at radius 1 is 1.19 bits per heavy atom. The van der Waals surface area contributed by atoms with E-state index in [1.165, 1.54) is 0 Å². The SMILES string of the molecule is CC=C(OC)C(N=C(OC)C(C)N)C(C)C. The fourth-order valence-electron chi connectivity index (χ4n) is 1.44. The van der Waals surface area contributed by atoms with E-state index in [9.17, 15) is 0 Å². The normalized spacial score (nSPS) is 17.2. The molecular weight excluding hydrogens is 204 g/mol. The van der Waals surface area contributed by atoms with E-state index >= 15 is 0 Å². The van der Waals surface area contributed by atoms with Crippen LogP contribution in [-0.2, 0) is 9.47 Å². The molecule has 0 spiro atoms. The van der Waals surface area contributed by atoms with Gasteiger partial charge in [-0.15, -0.1) is 0 Å². The summed E-state index contributed by atoms with van der Waals surface area (Å²) in [4.78, 5) is 4.51. The summed E-state index contributed by atoms with van der Waals surface area (Å²) in [5, 5.41) is 0. The van der Waals surface area contributed by atoms with Gasteiger partial charge in [-0.1, -0.05) is 13.8 Å². The number of methoxy groups -OCH3 is 2. The van der Waals surface area contributed by atoms with Gasteiger partial charge in [-0.3, -0.25) is 0 Å². The molecule has 2 unspecified atom stereocenters. The monoisotopic (exact) mass is 228 g/mol. The Morgan fingerprint density at radius 2 is 1.75 bits per heavy atom. The summed E-state index contributed by atoms with van der Waals surface area (Å²) in [6.45, 7) is 7.96. The van der Waals surface area contributed by atoms with Crippen molar-refractivity contribution in [3.63, 3.8) is 0 Å². The number of aliphatic imine (C=N–C) groups is 1. The molecule has 0 saturated carbocycles. The zero-order valence-corrected chi connectivity index (χ0v) is 11.2. The Hall–Kier alpha value is -1.03. The van der Waals surface area contributed by atoms with Crippen LogP contribution >= 0.6 is 0 Å². The molecule has 0 aliphatic carbocycles. The Kier molecular flexibility index (Phi) is 6.81. The first kappa shape index (κ1) is 15.0. The highest BCUT2D eigenvalue weighted by molar-refractivity contribution is 5.81. The van der Waals surface area contributed by atoms with Gasteiger partial charge in [0.1, 0.15) is 11.8 Å². The molecule has 0 aromatic carbocycles. The molecule has 0 aromatic rings. The Balaban J connectivity index is 5.07. The second-order valence-corrected chi connectivity index (χ2v) is 4.04. The van der Waals surface area contributed by atoms with Gasteiger partial charge in [-0.2, -0.15) is 0 Å². The second kappa shape index (κ2) is 7.28. The van der Waals surface area contributed by atoms with E-state index in [1.54, 1.807) is 14.2 Å². The molecule has 0 aliphatic heterocycles. The highest BCUT2D eigenvalue weighted by Crippen LogP contribution is 2.17. The molecule has 4 nitrogen and oxygen atoms in total. The van der Waals surface area contributed by atoms with Crippen molar-refractivity contribution in [1.29, 1.82) is 0 Å². The minimum Gasteiger partial charge on any atom is -0.499 e. The van der Waals surface area contributed by atoms with Crippen LogP contribution in [0.15, 0.2) is 16.8 Å². The zero-order chi connectivity index (χ0) is 12.7. The predicted octanol–water partition coefficient (Wildman–Crippen LogP) is 1.95. The van der Waals surface area contributed by atoms with E-state index in [2.05, 4.69) is 18.8 Å². The number of allylic oxidation sites excluding steroid dienone is 1. The molecule has 0 heterocycles. The van der Waals surface area contributed by atoms with Crippen molar-refractivity contribution in [3.8, 4) is 0 Å². The van der Waals surface area contributed by atoms with Crippen LogP contribution < -0.4 is 5.73 Å². The van der Waals surface area contributed by atoms with Gasteiger partial charge in [0.2, 0.25) is 5.90 Å². The molecule has 0 amide bonds. The van der Waals surface area contributed by atoms with Crippen molar-refractivity contribution >= 4 is 5.90 Å². The molecule has 0 fully saturated rings. The van der Waals surface area contributed by atoms with E-state index < -0.39 is 0 Å². The molecule has 0 aromatic heterocycles. The highest BCUT2D eigenvalue weighted by Gasteiger charge is 2.20. The van der Waals surface area contributed by atoms with Crippen molar-refractivity contribution in [2.24, 2.45) is 16.6 Å². The van der Waals surface area contributed by atoms with Crippen LogP contribution in [0.1, 0.15) is 27.7 Å². The van der Waals surface area contributed by atoms with E-state index in [1.807, 2.05) is 19.9 Å². The fraction of sp³-hybridized carbons (Fsp3) is 0.750. The maximum Gasteiger partial charge on any atom is 0.200 e. The van der Waals surface area contributed by atoms with Gasteiger partial charge in [-0.25, -0.2) is 4.99 Å². The Bertz CT molecular complexity index is 258. The molecule has 0 bridgehead atoms.